The number of amides is 1. The minimum Gasteiger partial charge on any atom is -0.497 e. The Kier molecular flexibility index (Phi) is 5.17. The molecule has 0 radical (unpaired) electrons. The van der Waals surface area contributed by atoms with Crippen molar-refractivity contribution < 1.29 is 19.4 Å². The molecule has 0 saturated heterocycles. The molecular weight excluding hydrogens is 330 g/mol. The van der Waals surface area contributed by atoms with Gasteiger partial charge in [-0.3, -0.25) is 4.79 Å². The maximum absolute atomic E-state index is 12.5. The minimum atomic E-state index is -1.07. The molecule has 0 saturated carbocycles. The molecule has 3 aromatic carbocycles. The van der Waals surface area contributed by atoms with Crippen molar-refractivity contribution in [2.45, 2.75) is 12.5 Å². The predicted octanol–water partition coefficient (Wildman–Crippen LogP) is 3.27. The first-order valence-electron chi connectivity index (χ1n) is 8.22. The number of ether oxygens (including phenoxy) is 1. The highest BCUT2D eigenvalue weighted by Gasteiger charge is 2.21. The molecule has 0 aliphatic carbocycles. The fourth-order valence-electron chi connectivity index (χ4n) is 2.77. The minimum absolute atomic E-state index is 0.193. The molecule has 5 heteroatoms. The van der Waals surface area contributed by atoms with Crippen LogP contribution in [0.1, 0.15) is 15.9 Å². The van der Waals surface area contributed by atoms with Crippen LogP contribution in [-0.4, -0.2) is 30.1 Å². The number of rotatable bonds is 6. The number of fused-ring (bicyclic) bond motifs is 1. The van der Waals surface area contributed by atoms with Crippen molar-refractivity contribution in [2.24, 2.45) is 0 Å². The molecule has 26 heavy (non-hydrogen) atoms. The van der Waals surface area contributed by atoms with Gasteiger partial charge < -0.3 is 15.2 Å². The van der Waals surface area contributed by atoms with Crippen molar-refractivity contribution in [1.29, 1.82) is 0 Å². The van der Waals surface area contributed by atoms with Crippen LogP contribution in [-0.2, 0) is 11.2 Å². The van der Waals surface area contributed by atoms with Gasteiger partial charge in [0.2, 0.25) is 0 Å². The summed E-state index contributed by atoms with van der Waals surface area (Å²) in [5.41, 5.74) is 1.24. The highest BCUT2D eigenvalue weighted by atomic mass is 16.5. The van der Waals surface area contributed by atoms with Crippen LogP contribution in [0.25, 0.3) is 10.8 Å². The standard InChI is InChI=1S/C21H19NO4/c1-26-18-10-6-14(7-11-18)12-19(21(24)25)22-20(23)17-9-8-15-4-2-3-5-16(15)13-17/h2-11,13,19H,12H2,1H3,(H,22,23)(H,24,25)/t19-/m1/s1. The number of carboxylic acid groups (broad SMARTS) is 1. The van der Waals surface area contributed by atoms with Crippen LogP contribution in [0, 0.1) is 0 Å². The number of carbonyl (C=O) groups is 2. The first-order chi connectivity index (χ1) is 12.6. The van der Waals surface area contributed by atoms with Crippen LogP contribution in [0.3, 0.4) is 0 Å². The van der Waals surface area contributed by atoms with Crippen LogP contribution in [0.15, 0.2) is 66.7 Å². The summed E-state index contributed by atoms with van der Waals surface area (Å²) in [7, 11) is 1.57. The number of benzene rings is 3. The Labute approximate surface area is 151 Å². The average molecular weight is 349 g/mol. The summed E-state index contributed by atoms with van der Waals surface area (Å²) in [5, 5.41) is 14.0. The van der Waals surface area contributed by atoms with Gasteiger partial charge in [0.1, 0.15) is 11.8 Å². The van der Waals surface area contributed by atoms with Crippen molar-refractivity contribution in [3.05, 3.63) is 77.9 Å². The molecule has 3 rings (SSSR count). The molecule has 3 aromatic rings. The average Bonchev–Trinajstić information content (AvgIpc) is 2.67. The zero-order chi connectivity index (χ0) is 18.5. The monoisotopic (exact) mass is 349 g/mol. The lowest BCUT2D eigenvalue weighted by Crippen LogP contribution is -2.42. The van der Waals surface area contributed by atoms with E-state index in [9.17, 15) is 14.7 Å². The fraction of sp³-hybridized carbons (Fsp3) is 0.143. The summed E-state index contributed by atoms with van der Waals surface area (Å²) in [6.45, 7) is 0. The topological polar surface area (TPSA) is 75.6 Å². The Morgan fingerprint density at radius 3 is 2.35 bits per heavy atom. The third-order valence-electron chi connectivity index (χ3n) is 4.21. The third-order valence-corrected chi connectivity index (χ3v) is 4.21. The fourth-order valence-corrected chi connectivity index (χ4v) is 2.77. The van der Waals surface area contributed by atoms with Crippen molar-refractivity contribution in [1.82, 2.24) is 5.32 Å². The number of carboxylic acids is 1. The van der Waals surface area contributed by atoms with E-state index in [4.69, 9.17) is 4.74 Å². The lowest BCUT2D eigenvalue weighted by atomic mass is 10.0. The SMILES string of the molecule is COc1ccc(C[C@@H](NC(=O)c2ccc3ccccc3c2)C(=O)O)cc1. The molecule has 0 aliphatic rings. The molecule has 1 amide bonds. The lowest BCUT2D eigenvalue weighted by Gasteiger charge is -2.15. The smallest absolute Gasteiger partial charge is 0.326 e. The molecule has 0 aliphatic heterocycles. The van der Waals surface area contributed by atoms with Gasteiger partial charge in [0.15, 0.2) is 0 Å². The van der Waals surface area contributed by atoms with E-state index in [2.05, 4.69) is 5.32 Å². The summed E-state index contributed by atoms with van der Waals surface area (Å²) in [4.78, 5) is 24.1. The Morgan fingerprint density at radius 2 is 1.69 bits per heavy atom. The molecule has 132 valence electrons. The molecule has 0 aromatic heterocycles. The van der Waals surface area contributed by atoms with E-state index in [0.29, 0.717) is 11.3 Å². The lowest BCUT2D eigenvalue weighted by molar-refractivity contribution is -0.139. The van der Waals surface area contributed by atoms with Crippen molar-refractivity contribution >= 4 is 22.6 Å². The van der Waals surface area contributed by atoms with Gasteiger partial charge in [0.25, 0.3) is 5.91 Å². The number of hydrogen-bond acceptors (Lipinski definition) is 3. The van der Waals surface area contributed by atoms with E-state index in [1.807, 2.05) is 30.3 Å². The van der Waals surface area contributed by atoms with Gasteiger partial charge >= 0.3 is 5.97 Å². The summed E-state index contributed by atoms with van der Waals surface area (Å²) in [6, 6.07) is 19.1. The van der Waals surface area contributed by atoms with Gasteiger partial charge in [-0.2, -0.15) is 0 Å². The van der Waals surface area contributed by atoms with Crippen LogP contribution in [0.5, 0.6) is 5.75 Å². The van der Waals surface area contributed by atoms with E-state index < -0.39 is 17.9 Å². The molecule has 0 bridgehead atoms. The van der Waals surface area contributed by atoms with Crippen LogP contribution >= 0.6 is 0 Å². The molecule has 5 nitrogen and oxygen atoms in total. The highest BCUT2D eigenvalue weighted by molar-refractivity contribution is 6.00. The molecule has 1 atom stereocenters. The molecular formula is C21H19NO4. The number of carbonyl (C=O) groups excluding carboxylic acids is 1. The second-order valence-electron chi connectivity index (χ2n) is 5.98. The van der Waals surface area contributed by atoms with E-state index in [1.54, 1.807) is 43.5 Å². The van der Waals surface area contributed by atoms with Gasteiger partial charge in [-0.05, 0) is 40.6 Å². The summed E-state index contributed by atoms with van der Waals surface area (Å²) < 4.78 is 5.09. The van der Waals surface area contributed by atoms with Gasteiger partial charge in [0.05, 0.1) is 7.11 Å². The van der Waals surface area contributed by atoms with Crippen molar-refractivity contribution in [3.63, 3.8) is 0 Å². The number of methoxy groups -OCH3 is 1. The second-order valence-corrected chi connectivity index (χ2v) is 5.98. The molecule has 2 N–H and O–H groups in total. The first kappa shape index (κ1) is 17.5. The zero-order valence-corrected chi connectivity index (χ0v) is 14.3. The second kappa shape index (κ2) is 7.70. The van der Waals surface area contributed by atoms with E-state index in [0.717, 1.165) is 16.3 Å². The number of hydrogen-bond donors (Lipinski definition) is 2. The van der Waals surface area contributed by atoms with E-state index in [1.165, 1.54) is 0 Å². The van der Waals surface area contributed by atoms with Crippen LogP contribution < -0.4 is 10.1 Å². The van der Waals surface area contributed by atoms with Gasteiger partial charge in [-0.15, -0.1) is 0 Å². The van der Waals surface area contributed by atoms with Gasteiger partial charge in [0, 0.05) is 12.0 Å². The van der Waals surface area contributed by atoms with Gasteiger partial charge in [-0.1, -0.05) is 42.5 Å². The van der Waals surface area contributed by atoms with E-state index >= 15 is 0 Å². The number of nitrogens with one attached hydrogen (secondary N) is 1. The number of aliphatic carboxylic acids is 1. The maximum Gasteiger partial charge on any atom is 0.326 e. The Balaban J connectivity index is 1.75. The largest absolute Gasteiger partial charge is 0.497 e. The Hall–Kier alpha value is -3.34. The van der Waals surface area contributed by atoms with E-state index in [-0.39, 0.29) is 6.42 Å². The van der Waals surface area contributed by atoms with Crippen molar-refractivity contribution in [3.8, 4) is 5.75 Å². The highest BCUT2D eigenvalue weighted by Crippen LogP contribution is 2.16. The molecule has 0 spiro atoms. The quantitative estimate of drug-likeness (QED) is 0.716. The summed E-state index contributed by atoms with van der Waals surface area (Å²) >= 11 is 0. The third kappa shape index (κ3) is 4.00. The maximum atomic E-state index is 12.5. The Bertz CT molecular complexity index is 934. The Morgan fingerprint density at radius 1 is 1.00 bits per heavy atom. The van der Waals surface area contributed by atoms with Crippen LogP contribution in [0.4, 0.5) is 0 Å². The molecule has 0 unspecified atom stereocenters. The van der Waals surface area contributed by atoms with Gasteiger partial charge in [-0.25, -0.2) is 4.79 Å². The molecule has 0 fully saturated rings. The normalized spacial score (nSPS) is 11.7. The summed E-state index contributed by atoms with van der Waals surface area (Å²) in [5.74, 6) is -0.785. The first-order valence-corrected chi connectivity index (χ1v) is 8.22. The zero-order valence-electron chi connectivity index (χ0n) is 14.3. The van der Waals surface area contributed by atoms with Crippen molar-refractivity contribution in [2.75, 3.05) is 7.11 Å². The van der Waals surface area contributed by atoms with Crippen LogP contribution in [0.2, 0.25) is 0 Å². The summed E-state index contributed by atoms with van der Waals surface area (Å²) in [6.07, 6.45) is 0.193. The molecule has 0 heterocycles. The predicted molar refractivity (Wildman–Crippen MR) is 99.5 cm³/mol.